The Bertz CT molecular complexity index is 661. The van der Waals surface area contributed by atoms with E-state index in [9.17, 15) is 4.79 Å². The minimum Gasteiger partial charge on any atom is -0.332 e. The number of hydrogen-bond acceptors (Lipinski definition) is 3. The second-order valence-corrected chi connectivity index (χ2v) is 5.10. The van der Waals surface area contributed by atoms with Crippen LogP contribution < -0.4 is 10.6 Å². The predicted octanol–water partition coefficient (Wildman–Crippen LogP) is 3.22. The number of benzene rings is 1. The van der Waals surface area contributed by atoms with Crippen molar-refractivity contribution in [3.8, 4) is 0 Å². The van der Waals surface area contributed by atoms with E-state index in [1.807, 2.05) is 36.9 Å². The van der Waals surface area contributed by atoms with Crippen LogP contribution in [0, 0.1) is 6.92 Å². The molecule has 2 rings (SSSR count). The summed E-state index contributed by atoms with van der Waals surface area (Å²) in [6, 6.07) is 7.20. The molecule has 110 valence electrons. The maximum atomic E-state index is 11.2. The third-order valence-corrected chi connectivity index (χ3v) is 3.27. The van der Waals surface area contributed by atoms with E-state index in [0.29, 0.717) is 10.7 Å². The number of nitrogens with one attached hydrogen (secondary N) is 2. The predicted molar refractivity (Wildman–Crippen MR) is 88.9 cm³/mol. The van der Waals surface area contributed by atoms with Crippen molar-refractivity contribution in [3.05, 3.63) is 41.7 Å². The molecule has 1 heterocycles. The summed E-state index contributed by atoms with van der Waals surface area (Å²) in [5.74, 6) is 0.0462. The topological polar surface area (TPSA) is 59.0 Å². The van der Waals surface area contributed by atoms with Crippen LogP contribution in [0.15, 0.2) is 30.5 Å². The Balaban J connectivity index is 2.00. The second-order valence-electron chi connectivity index (χ2n) is 4.70. The third-order valence-electron chi connectivity index (χ3n) is 3.07. The largest absolute Gasteiger partial charge is 0.332 e. The van der Waals surface area contributed by atoms with Crippen LogP contribution in [0.1, 0.15) is 29.9 Å². The summed E-state index contributed by atoms with van der Waals surface area (Å²) in [6.07, 6.45) is 1.92. The number of ketones is 1. The highest BCUT2D eigenvalue weighted by Crippen LogP contribution is 2.14. The zero-order valence-electron chi connectivity index (χ0n) is 12.3. The second kappa shape index (κ2) is 6.49. The molecule has 0 fully saturated rings. The maximum Gasteiger partial charge on any atom is 0.175 e. The molecule has 2 aromatic rings. The van der Waals surface area contributed by atoms with Crippen LogP contribution >= 0.6 is 12.2 Å². The fourth-order valence-corrected chi connectivity index (χ4v) is 2.10. The number of nitrogens with zero attached hydrogens (tertiary/aromatic N) is 2. The minimum atomic E-state index is 0.0462. The molecular formula is C15H18N4OS. The van der Waals surface area contributed by atoms with Crippen molar-refractivity contribution >= 4 is 34.5 Å². The van der Waals surface area contributed by atoms with Gasteiger partial charge in [0.05, 0.1) is 11.4 Å². The standard InChI is InChI=1S/C15H18N4OS/c1-4-19-9-14(10(2)18-19)17-15(21)16-13-7-5-12(6-8-13)11(3)20/h5-9H,4H2,1-3H3,(H2,16,17,21). The van der Waals surface area contributed by atoms with Gasteiger partial charge >= 0.3 is 0 Å². The van der Waals surface area contributed by atoms with Crippen molar-refractivity contribution in [3.63, 3.8) is 0 Å². The van der Waals surface area contributed by atoms with Gasteiger partial charge in [0, 0.05) is 24.0 Å². The van der Waals surface area contributed by atoms with Crippen LogP contribution in [0.5, 0.6) is 0 Å². The van der Waals surface area contributed by atoms with Gasteiger partial charge in [0.1, 0.15) is 0 Å². The Kier molecular flexibility index (Phi) is 4.70. The number of hydrogen-bond donors (Lipinski definition) is 2. The summed E-state index contributed by atoms with van der Waals surface area (Å²) in [4.78, 5) is 11.2. The zero-order chi connectivity index (χ0) is 15.4. The molecule has 0 atom stereocenters. The maximum absolute atomic E-state index is 11.2. The molecule has 0 bridgehead atoms. The van der Waals surface area contributed by atoms with E-state index in [2.05, 4.69) is 15.7 Å². The van der Waals surface area contributed by atoms with Crippen molar-refractivity contribution in [1.29, 1.82) is 0 Å². The molecule has 0 amide bonds. The Hall–Kier alpha value is -2.21. The fraction of sp³-hybridized carbons (Fsp3) is 0.267. The summed E-state index contributed by atoms with van der Waals surface area (Å²) in [6.45, 7) is 6.32. The highest BCUT2D eigenvalue weighted by molar-refractivity contribution is 7.80. The fourth-order valence-electron chi connectivity index (χ4n) is 1.88. The van der Waals surface area contributed by atoms with Crippen LogP contribution in [0.3, 0.4) is 0 Å². The molecule has 0 unspecified atom stereocenters. The van der Waals surface area contributed by atoms with Gasteiger partial charge in [-0.15, -0.1) is 0 Å². The van der Waals surface area contributed by atoms with E-state index in [0.717, 1.165) is 23.6 Å². The first-order valence-electron chi connectivity index (χ1n) is 6.72. The van der Waals surface area contributed by atoms with E-state index >= 15 is 0 Å². The van der Waals surface area contributed by atoms with Crippen molar-refractivity contribution < 1.29 is 4.79 Å². The molecule has 6 heteroatoms. The number of aromatic nitrogens is 2. The highest BCUT2D eigenvalue weighted by Gasteiger charge is 2.06. The summed E-state index contributed by atoms with van der Waals surface area (Å²) < 4.78 is 1.85. The van der Waals surface area contributed by atoms with Crippen LogP contribution in [0.4, 0.5) is 11.4 Å². The normalized spacial score (nSPS) is 10.2. The van der Waals surface area contributed by atoms with Gasteiger partial charge in [-0.3, -0.25) is 9.48 Å². The molecule has 0 aliphatic rings. The molecule has 1 aromatic heterocycles. The molecule has 5 nitrogen and oxygen atoms in total. The van der Waals surface area contributed by atoms with Gasteiger partial charge in [0.25, 0.3) is 0 Å². The number of thiocarbonyl (C=S) groups is 1. The lowest BCUT2D eigenvalue weighted by Gasteiger charge is -2.09. The van der Waals surface area contributed by atoms with Gasteiger partial charge in [0.2, 0.25) is 0 Å². The summed E-state index contributed by atoms with van der Waals surface area (Å²) >= 11 is 5.28. The molecule has 2 N–H and O–H groups in total. The van der Waals surface area contributed by atoms with Crippen LogP contribution in [-0.2, 0) is 6.54 Å². The van der Waals surface area contributed by atoms with Gasteiger partial charge < -0.3 is 10.6 Å². The van der Waals surface area contributed by atoms with E-state index in [-0.39, 0.29) is 5.78 Å². The van der Waals surface area contributed by atoms with Gasteiger partial charge in [0.15, 0.2) is 10.9 Å². The highest BCUT2D eigenvalue weighted by atomic mass is 32.1. The molecule has 0 aliphatic carbocycles. The summed E-state index contributed by atoms with van der Waals surface area (Å²) in [5, 5.41) is 11.0. The average Bonchev–Trinajstić information content (AvgIpc) is 2.80. The third kappa shape index (κ3) is 3.88. The van der Waals surface area contributed by atoms with Crippen LogP contribution in [-0.4, -0.2) is 20.7 Å². The minimum absolute atomic E-state index is 0.0462. The Morgan fingerprint density at radius 3 is 2.48 bits per heavy atom. The molecule has 21 heavy (non-hydrogen) atoms. The molecule has 0 aliphatic heterocycles. The van der Waals surface area contributed by atoms with Crippen LogP contribution in [0.25, 0.3) is 0 Å². The SMILES string of the molecule is CCn1cc(NC(=S)Nc2ccc(C(C)=O)cc2)c(C)n1. The van der Waals surface area contributed by atoms with E-state index in [1.54, 1.807) is 19.1 Å². The molecule has 1 aromatic carbocycles. The molecule has 0 saturated heterocycles. The van der Waals surface area contributed by atoms with Gasteiger partial charge in [-0.2, -0.15) is 5.10 Å². The smallest absolute Gasteiger partial charge is 0.175 e. The number of carbonyl (C=O) groups is 1. The lowest BCUT2D eigenvalue weighted by molar-refractivity contribution is 0.101. The average molecular weight is 302 g/mol. The van der Waals surface area contributed by atoms with Crippen molar-refractivity contribution in [1.82, 2.24) is 9.78 Å². The summed E-state index contributed by atoms with van der Waals surface area (Å²) in [5.41, 5.74) is 3.29. The lowest BCUT2D eigenvalue weighted by Crippen LogP contribution is -2.19. The van der Waals surface area contributed by atoms with Gasteiger partial charge in [-0.25, -0.2) is 0 Å². The molecule has 0 spiro atoms. The van der Waals surface area contributed by atoms with Crippen molar-refractivity contribution in [2.45, 2.75) is 27.3 Å². The monoisotopic (exact) mass is 302 g/mol. The molecule has 0 radical (unpaired) electrons. The molecule has 0 saturated carbocycles. The quantitative estimate of drug-likeness (QED) is 0.671. The first kappa shape index (κ1) is 15.2. The Morgan fingerprint density at radius 1 is 1.29 bits per heavy atom. The van der Waals surface area contributed by atoms with E-state index in [1.165, 1.54) is 0 Å². The first-order valence-corrected chi connectivity index (χ1v) is 7.13. The number of anilines is 2. The Labute approximate surface area is 129 Å². The summed E-state index contributed by atoms with van der Waals surface area (Å²) in [7, 11) is 0. The first-order chi connectivity index (χ1) is 9.99. The van der Waals surface area contributed by atoms with Crippen molar-refractivity contribution in [2.75, 3.05) is 10.6 Å². The van der Waals surface area contributed by atoms with Gasteiger partial charge in [-0.1, -0.05) is 0 Å². The van der Waals surface area contributed by atoms with E-state index < -0.39 is 0 Å². The molecular weight excluding hydrogens is 284 g/mol. The zero-order valence-corrected chi connectivity index (χ0v) is 13.1. The lowest BCUT2D eigenvalue weighted by atomic mass is 10.1. The number of Topliss-reactive ketones (excluding diaryl/α,β-unsaturated/α-hetero) is 1. The number of carbonyl (C=O) groups excluding carboxylic acids is 1. The van der Waals surface area contributed by atoms with Gasteiger partial charge in [-0.05, 0) is 57.3 Å². The van der Waals surface area contributed by atoms with E-state index in [4.69, 9.17) is 12.2 Å². The van der Waals surface area contributed by atoms with Crippen LogP contribution in [0.2, 0.25) is 0 Å². The number of rotatable bonds is 4. The number of aryl methyl sites for hydroxylation is 2. The van der Waals surface area contributed by atoms with Crippen molar-refractivity contribution in [2.24, 2.45) is 0 Å². The Morgan fingerprint density at radius 2 is 1.95 bits per heavy atom.